The maximum Gasteiger partial charge on any atom is 0.180 e. The lowest BCUT2D eigenvalue weighted by molar-refractivity contribution is 0.0989. The first-order chi connectivity index (χ1) is 14.8. The minimum atomic E-state index is -0.896. The molecule has 0 aliphatic carbocycles. The Hall–Kier alpha value is -1.61. The summed E-state index contributed by atoms with van der Waals surface area (Å²) in [5.74, 6) is -0.626. The molecule has 0 radical (unpaired) electrons. The number of aromatic hydroxyl groups is 2. The van der Waals surface area contributed by atoms with Crippen LogP contribution in [0, 0.1) is 12.7 Å². The summed E-state index contributed by atoms with van der Waals surface area (Å²) < 4.78 is 27.6. The Kier molecular flexibility index (Phi) is 7.30. The summed E-state index contributed by atoms with van der Waals surface area (Å²) in [6, 6.07) is 15.6. The van der Waals surface area contributed by atoms with E-state index >= 15 is 0 Å². The smallest absolute Gasteiger partial charge is 0.180 e. The Labute approximate surface area is 195 Å². The average Bonchev–Trinajstić information content (AvgIpc) is 2.76. The van der Waals surface area contributed by atoms with Crippen LogP contribution in [-0.2, 0) is 7.53 Å². The van der Waals surface area contributed by atoms with Crippen molar-refractivity contribution < 1.29 is 23.6 Å². The molecule has 0 saturated heterocycles. The van der Waals surface area contributed by atoms with E-state index in [1.165, 1.54) is 24.3 Å². The standard InChI is InChI=1S/C21H17FIO4PS2/c1-12-5-10-17(25)21(18(12)22)29-20(14-3-2-4-15(24)11-14)19(26)13-6-8-16(9-7-13)27-30(23)28/h2-11,20,24-25,28H,1H3/i28T. The number of halogens is 2. The van der Waals surface area contributed by atoms with Crippen LogP contribution in [0.25, 0.3) is 0 Å². The molecule has 0 heterocycles. The van der Waals surface area contributed by atoms with Crippen molar-refractivity contribution in [1.29, 1.82) is 1.28 Å². The molecule has 0 aliphatic heterocycles. The van der Waals surface area contributed by atoms with Crippen molar-refractivity contribution in [2.75, 3.05) is 0 Å². The van der Waals surface area contributed by atoms with Gasteiger partial charge in [-0.25, -0.2) is 4.39 Å². The zero-order valence-electron chi connectivity index (χ0n) is 16.6. The van der Waals surface area contributed by atoms with Gasteiger partial charge in [-0.3, -0.25) is 4.79 Å². The first kappa shape index (κ1) is 21.6. The molecule has 0 saturated carbocycles. The Balaban J connectivity index is 1.99. The van der Waals surface area contributed by atoms with E-state index < -0.39 is 18.6 Å². The van der Waals surface area contributed by atoms with Crippen LogP contribution in [0.2, 0.25) is 0 Å². The minimum Gasteiger partial charge on any atom is -0.508 e. The van der Waals surface area contributed by atoms with Gasteiger partial charge in [-0.05, 0) is 68.5 Å². The molecule has 3 aromatic carbocycles. The molecular formula is C21H17FIO4PS2. The second kappa shape index (κ2) is 10.1. The number of carbonyl (C=O) groups is 1. The van der Waals surface area contributed by atoms with E-state index in [9.17, 15) is 19.4 Å². The first-order valence-electron chi connectivity index (χ1n) is 9.07. The van der Waals surface area contributed by atoms with Crippen molar-refractivity contribution in [2.45, 2.75) is 17.1 Å². The summed E-state index contributed by atoms with van der Waals surface area (Å²) in [5, 5.41) is 19.2. The summed E-state index contributed by atoms with van der Waals surface area (Å²) >= 11 is 2.92. The number of ketones is 1. The van der Waals surface area contributed by atoms with Gasteiger partial charge in [0.05, 0.1) is 17.7 Å². The average molecular weight is 576 g/mol. The molecule has 2 atom stereocenters. The molecular weight excluding hydrogens is 557 g/mol. The number of Topliss-reactive ketones (excluding diaryl/α,β-unsaturated/α-hetero) is 1. The van der Waals surface area contributed by atoms with Crippen LogP contribution in [0.5, 0.6) is 17.2 Å². The predicted molar refractivity (Wildman–Crippen MR) is 131 cm³/mol. The molecule has 0 amide bonds. The molecule has 0 fully saturated rings. The van der Waals surface area contributed by atoms with Gasteiger partial charge in [0.25, 0.3) is 0 Å². The lowest BCUT2D eigenvalue weighted by Crippen LogP contribution is -2.10. The number of hydrogen-bond acceptors (Lipinski definition) is 5. The van der Waals surface area contributed by atoms with Crippen LogP contribution >= 0.6 is 40.9 Å². The molecule has 0 spiro atoms. The number of phenols is 2. The SMILES string of the molecule is [3H]P=S(I)Oc1ccc(C(=O)C(Sc2c(O)ccc(C)c2F)c2cccc(O)c2)cc1. The summed E-state index contributed by atoms with van der Waals surface area (Å²) in [6.07, 6.45) is 0. The van der Waals surface area contributed by atoms with Crippen LogP contribution in [0.15, 0.2) is 65.6 Å². The third kappa shape index (κ3) is 5.55. The van der Waals surface area contributed by atoms with E-state index in [1.54, 1.807) is 43.3 Å². The number of benzene rings is 3. The maximum atomic E-state index is 14.7. The number of carbonyl (C=O) groups excluding carboxylic acids is 1. The van der Waals surface area contributed by atoms with Crippen LogP contribution < -0.4 is 4.18 Å². The molecule has 0 aromatic heterocycles. The van der Waals surface area contributed by atoms with Crippen LogP contribution in [-0.4, -0.2) is 17.3 Å². The monoisotopic (exact) mass is 576 g/mol. The highest BCUT2D eigenvalue weighted by Gasteiger charge is 2.27. The highest BCUT2D eigenvalue weighted by molar-refractivity contribution is 14.2. The lowest BCUT2D eigenvalue weighted by atomic mass is 10.0. The van der Waals surface area contributed by atoms with Gasteiger partial charge in [-0.1, -0.05) is 18.2 Å². The Bertz CT molecular complexity index is 1140. The molecule has 0 bridgehead atoms. The Morgan fingerprint density at radius 1 is 1.23 bits per heavy atom. The molecule has 2 unspecified atom stereocenters. The van der Waals surface area contributed by atoms with Crippen LogP contribution in [0.4, 0.5) is 4.39 Å². The quantitative estimate of drug-likeness (QED) is 0.144. The van der Waals surface area contributed by atoms with Gasteiger partial charge in [0.15, 0.2) is 5.78 Å². The van der Waals surface area contributed by atoms with E-state index in [0.717, 1.165) is 11.8 Å². The molecule has 4 nitrogen and oxygen atoms in total. The van der Waals surface area contributed by atoms with Crippen LogP contribution in [0.1, 0.15) is 26.7 Å². The van der Waals surface area contributed by atoms with Crippen LogP contribution in [0.3, 0.4) is 0 Å². The normalized spacial score (nSPS) is 13.5. The van der Waals surface area contributed by atoms with Gasteiger partial charge in [0.2, 0.25) is 0 Å². The van der Waals surface area contributed by atoms with Crippen molar-refractivity contribution in [2.24, 2.45) is 0 Å². The van der Waals surface area contributed by atoms with E-state index in [0.29, 0.717) is 30.4 Å². The van der Waals surface area contributed by atoms with Gasteiger partial charge in [-0.15, -0.1) is 11.8 Å². The highest BCUT2D eigenvalue weighted by atomic mass is 127. The molecule has 30 heavy (non-hydrogen) atoms. The topological polar surface area (TPSA) is 66.8 Å². The van der Waals surface area contributed by atoms with E-state index in [1.807, 2.05) is 21.2 Å². The summed E-state index contributed by atoms with van der Waals surface area (Å²) in [4.78, 5) is 13.4. The van der Waals surface area contributed by atoms with Crippen molar-refractivity contribution in [3.05, 3.63) is 83.2 Å². The maximum absolute atomic E-state index is 14.7. The van der Waals surface area contributed by atoms with Gasteiger partial charge in [0, 0.05) is 26.8 Å². The Morgan fingerprint density at radius 3 is 2.63 bits per heavy atom. The van der Waals surface area contributed by atoms with Gasteiger partial charge < -0.3 is 14.4 Å². The number of rotatable bonds is 7. The van der Waals surface area contributed by atoms with E-state index in [4.69, 9.17) is 5.46 Å². The first-order valence-corrected chi connectivity index (χ1v) is 14.2. The largest absolute Gasteiger partial charge is 0.508 e. The number of thioether (sulfide) groups is 1. The molecule has 156 valence electrons. The van der Waals surface area contributed by atoms with Crippen molar-refractivity contribution in [3.63, 3.8) is 0 Å². The van der Waals surface area contributed by atoms with Gasteiger partial charge in [0.1, 0.15) is 24.3 Å². The second-order valence-electron chi connectivity index (χ2n) is 6.32. The third-order valence-electron chi connectivity index (χ3n) is 4.22. The van der Waals surface area contributed by atoms with Crippen molar-refractivity contribution >= 4 is 54.2 Å². The molecule has 0 aliphatic rings. The number of hydrogen-bond donors (Lipinski definition) is 2. The lowest BCUT2D eigenvalue weighted by Gasteiger charge is -2.18. The highest BCUT2D eigenvalue weighted by Crippen LogP contribution is 2.44. The van der Waals surface area contributed by atoms with Gasteiger partial charge >= 0.3 is 0 Å². The fraction of sp³-hybridized carbons (Fsp3) is 0.0952. The summed E-state index contributed by atoms with van der Waals surface area (Å²) in [6.45, 7) is 1.58. The predicted octanol–water partition coefficient (Wildman–Crippen LogP) is 6.58. The van der Waals surface area contributed by atoms with Crippen molar-refractivity contribution in [1.82, 2.24) is 0 Å². The summed E-state index contributed by atoms with van der Waals surface area (Å²) in [5.41, 5.74) is 1.21. The Morgan fingerprint density at radius 2 is 1.97 bits per heavy atom. The molecule has 3 aromatic rings. The fourth-order valence-electron chi connectivity index (χ4n) is 2.74. The third-order valence-corrected chi connectivity index (χ3v) is 6.66. The zero-order chi connectivity index (χ0) is 22.5. The van der Waals surface area contributed by atoms with Gasteiger partial charge in [-0.2, -0.15) is 0 Å². The fourth-order valence-corrected chi connectivity index (χ4v) is 5.11. The van der Waals surface area contributed by atoms with Crippen molar-refractivity contribution in [3.8, 4) is 17.2 Å². The number of aryl methyl sites for hydroxylation is 1. The molecule has 3 rings (SSSR count). The molecule has 2 N–H and O–H groups in total. The zero-order valence-corrected chi connectivity index (χ0v) is 20.3. The summed E-state index contributed by atoms with van der Waals surface area (Å²) in [7, 11) is -0.237. The second-order valence-corrected chi connectivity index (χ2v) is 13.5. The van der Waals surface area contributed by atoms with E-state index in [2.05, 4.69) is 0 Å². The molecule has 9 heteroatoms. The van der Waals surface area contributed by atoms with E-state index in [-0.39, 0.29) is 22.2 Å². The minimum absolute atomic E-state index is 0.0165. The number of phenolic OH excluding ortho intramolecular Hbond substituents is 2.